The van der Waals surface area contributed by atoms with Gasteiger partial charge in [-0.1, -0.05) is 59.4 Å². The van der Waals surface area contributed by atoms with Crippen LogP contribution in [0.4, 0.5) is 11.4 Å². The molecule has 0 aromatic heterocycles. The van der Waals surface area contributed by atoms with E-state index in [9.17, 15) is 0 Å². The molecule has 0 bridgehead atoms. The molecule has 0 spiro atoms. The van der Waals surface area contributed by atoms with Gasteiger partial charge in [0, 0.05) is 24.0 Å². The molecule has 1 aliphatic heterocycles. The van der Waals surface area contributed by atoms with Crippen molar-refractivity contribution in [3.63, 3.8) is 0 Å². The maximum absolute atomic E-state index is 4.83. The summed E-state index contributed by atoms with van der Waals surface area (Å²) in [7, 11) is 0. The number of benzene rings is 1. The second-order valence-corrected chi connectivity index (χ2v) is 10.1. The van der Waals surface area contributed by atoms with Gasteiger partial charge in [-0.3, -0.25) is 4.99 Å². The lowest BCUT2D eigenvalue weighted by Crippen LogP contribution is -2.34. The van der Waals surface area contributed by atoms with Gasteiger partial charge in [0.2, 0.25) is 0 Å². The molecule has 2 N–H and O–H groups in total. The Morgan fingerprint density at radius 2 is 1.97 bits per heavy atom. The zero-order valence-corrected chi connectivity index (χ0v) is 20.7. The predicted molar refractivity (Wildman–Crippen MR) is 141 cm³/mol. The topological polar surface area (TPSA) is 39.7 Å². The summed E-state index contributed by atoms with van der Waals surface area (Å²) in [6, 6.07) is 6.65. The Hall–Kier alpha value is -2.14. The third-order valence-corrected chi connectivity index (χ3v) is 6.00. The first-order valence-electron chi connectivity index (χ1n) is 11.5. The SMILES string of the molecule is C=C(NCCCCN=C1Nc2cc(CCCCC)ccc2N(C(=C)C)C1=C)SC(C)C. The lowest BCUT2D eigenvalue weighted by atomic mass is 10.0. The van der Waals surface area contributed by atoms with E-state index in [0.717, 1.165) is 66.0 Å². The second-order valence-electron chi connectivity index (χ2n) is 8.40. The van der Waals surface area contributed by atoms with E-state index >= 15 is 0 Å². The van der Waals surface area contributed by atoms with E-state index in [0.29, 0.717) is 5.25 Å². The lowest BCUT2D eigenvalue weighted by Gasteiger charge is -2.35. The van der Waals surface area contributed by atoms with Crippen LogP contribution in [-0.4, -0.2) is 24.2 Å². The summed E-state index contributed by atoms with van der Waals surface area (Å²) in [5.74, 6) is 0.842. The average Bonchev–Trinajstić information content (AvgIpc) is 2.70. The molecular weight excluding hydrogens is 400 g/mol. The van der Waals surface area contributed by atoms with Gasteiger partial charge >= 0.3 is 0 Å². The molecule has 4 nitrogen and oxygen atoms in total. The number of aryl methyl sites for hydroxylation is 1. The van der Waals surface area contributed by atoms with Gasteiger partial charge < -0.3 is 15.5 Å². The van der Waals surface area contributed by atoms with E-state index in [-0.39, 0.29) is 0 Å². The van der Waals surface area contributed by atoms with Crippen molar-refractivity contribution in [2.24, 2.45) is 4.99 Å². The normalized spacial score (nSPS) is 14.5. The van der Waals surface area contributed by atoms with Crippen molar-refractivity contribution in [3.8, 4) is 0 Å². The quantitative estimate of drug-likeness (QED) is 0.321. The van der Waals surface area contributed by atoms with Crippen molar-refractivity contribution < 1.29 is 0 Å². The zero-order valence-electron chi connectivity index (χ0n) is 19.9. The van der Waals surface area contributed by atoms with Crippen molar-refractivity contribution in [1.82, 2.24) is 5.32 Å². The number of unbranched alkanes of at least 4 members (excludes halogenated alkanes) is 3. The van der Waals surface area contributed by atoms with E-state index in [1.807, 2.05) is 6.92 Å². The molecule has 1 aliphatic rings. The first kappa shape index (κ1) is 25.1. The highest BCUT2D eigenvalue weighted by Gasteiger charge is 2.25. The van der Waals surface area contributed by atoms with Gasteiger partial charge in [0.15, 0.2) is 0 Å². The van der Waals surface area contributed by atoms with Crippen molar-refractivity contribution in [1.29, 1.82) is 0 Å². The molecule has 0 saturated heterocycles. The van der Waals surface area contributed by atoms with Crippen LogP contribution in [0.5, 0.6) is 0 Å². The molecule has 31 heavy (non-hydrogen) atoms. The summed E-state index contributed by atoms with van der Waals surface area (Å²) < 4.78 is 0. The predicted octanol–water partition coefficient (Wildman–Crippen LogP) is 7.08. The standard InChI is InChI=1S/C26H40N4S/c1-8-9-10-13-23-14-15-25-24(18-23)29-26(21(6)30(25)19(2)3)28-17-12-11-16-27-22(7)31-20(4)5/h14-15,18,20,27H,2,6-13,16-17H2,1,3-5H3,(H,28,29). The third-order valence-electron chi connectivity index (χ3n) is 5.10. The lowest BCUT2D eigenvalue weighted by molar-refractivity contribution is 0.700. The number of nitrogens with zero attached hydrogens (tertiary/aromatic N) is 2. The molecule has 170 valence electrons. The van der Waals surface area contributed by atoms with Crippen LogP contribution in [0.15, 0.2) is 59.4 Å². The Bertz CT molecular complexity index is 810. The number of hydrogen-bond donors (Lipinski definition) is 2. The van der Waals surface area contributed by atoms with Gasteiger partial charge in [-0.25, -0.2) is 0 Å². The maximum Gasteiger partial charge on any atom is 0.149 e. The highest BCUT2D eigenvalue weighted by atomic mass is 32.2. The Balaban J connectivity index is 1.98. The van der Waals surface area contributed by atoms with Crippen molar-refractivity contribution >= 4 is 29.0 Å². The molecule has 0 radical (unpaired) electrons. The van der Waals surface area contributed by atoms with Crippen molar-refractivity contribution in [3.05, 3.63) is 59.9 Å². The van der Waals surface area contributed by atoms with Crippen LogP contribution in [0.2, 0.25) is 0 Å². The first-order valence-corrected chi connectivity index (χ1v) is 12.4. The number of nitrogens with one attached hydrogen (secondary N) is 2. The van der Waals surface area contributed by atoms with E-state index in [1.54, 1.807) is 11.8 Å². The molecule has 0 fully saturated rings. The van der Waals surface area contributed by atoms with Crippen LogP contribution in [-0.2, 0) is 6.42 Å². The Morgan fingerprint density at radius 3 is 2.65 bits per heavy atom. The molecule has 5 heteroatoms. The number of fused-ring (bicyclic) bond motifs is 1. The minimum absolute atomic E-state index is 0.557. The Labute approximate surface area is 194 Å². The molecule has 0 amide bonds. The van der Waals surface area contributed by atoms with Crippen LogP contribution in [0.25, 0.3) is 0 Å². The summed E-state index contributed by atoms with van der Waals surface area (Å²) in [6.07, 6.45) is 6.92. The average molecular weight is 441 g/mol. The summed E-state index contributed by atoms with van der Waals surface area (Å²) in [6.45, 7) is 22.8. The van der Waals surface area contributed by atoms with E-state index < -0.39 is 0 Å². The maximum atomic E-state index is 4.83. The summed E-state index contributed by atoms with van der Waals surface area (Å²) in [5.41, 5.74) is 5.36. The van der Waals surface area contributed by atoms with Crippen LogP contribution in [0.1, 0.15) is 65.4 Å². The van der Waals surface area contributed by atoms with Crippen LogP contribution in [0.3, 0.4) is 0 Å². The second kappa shape index (κ2) is 12.7. The Kier molecular flexibility index (Phi) is 10.3. The highest BCUT2D eigenvalue weighted by molar-refractivity contribution is 8.03. The molecule has 2 rings (SSSR count). The van der Waals surface area contributed by atoms with Gasteiger partial charge in [-0.2, -0.15) is 0 Å². The molecule has 1 aromatic rings. The van der Waals surface area contributed by atoms with Gasteiger partial charge in [-0.05, 0) is 50.3 Å². The monoisotopic (exact) mass is 440 g/mol. The first-order chi connectivity index (χ1) is 14.8. The van der Waals surface area contributed by atoms with Gasteiger partial charge in [-0.15, -0.1) is 11.8 Å². The van der Waals surface area contributed by atoms with Crippen LogP contribution < -0.4 is 15.5 Å². The van der Waals surface area contributed by atoms with Gasteiger partial charge in [0.05, 0.1) is 22.1 Å². The highest BCUT2D eigenvalue weighted by Crippen LogP contribution is 2.36. The fraction of sp³-hybridized carbons (Fsp3) is 0.500. The number of amidine groups is 1. The minimum atomic E-state index is 0.557. The zero-order chi connectivity index (χ0) is 22.8. The number of aliphatic imine (C=N–C) groups is 1. The summed E-state index contributed by atoms with van der Waals surface area (Å²) >= 11 is 1.78. The summed E-state index contributed by atoms with van der Waals surface area (Å²) in [5, 5.41) is 8.52. The fourth-order valence-corrected chi connectivity index (χ4v) is 4.37. The van der Waals surface area contributed by atoms with Crippen molar-refractivity contribution in [2.45, 2.75) is 71.5 Å². The largest absolute Gasteiger partial charge is 0.380 e. The van der Waals surface area contributed by atoms with E-state index in [1.165, 1.54) is 24.8 Å². The van der Waals surface area contributed by atoms with E-state index in [2.05, 4.69) is 74.2 Å². The third kappa shape index (κ3) is 7.80. The number of allylic oxidation sites excluding steroid dienone is 1. The summed E-state index contributed by atoms with van der Waals surface area (Å²) in [4.78, 5) is 6.94. The van der Waals surface area contributed by atoms with Gasteiger partial charge in [0.1, 0.15) is 5.84 Å². The van der Waals surface area contributed by atoms with Crippen LogP contribution in [0, 0.1) is 0 Å². The Morgan fingerprint density at radius 1 is 1.19 bits per heavy atom. The molecule has 0 unspecified atom stereocenters. The molecule has 0 saturated carbocycles. The molecule has 0 aliphatic carbocycles. The molecule has 1 aromatic carbocycles. The number of anilines is 2. The molecule has 0 atom stereocenters. The number of thioether (sulfide) groups is 1. The fourth-order valence-electron chi connectivity index (χ4n) is 3.61. The number of hydrogen-bond acceptors (Lipinski definition) is 4. The van der Waals surface area contributed by atoms with Gasteiger partial charge in [0.25, 0.3) is 0 Å². The molecular formula is C26H40N4S. The number of rotatable bonds is 13. The minimum Gasteiger partial charge on any atom is -0.380 e. The van der Waals surface area contributed by atoms with Crippen LogP contribution >= 0.6 is 11.8 Å². The smallest absolute Gasteiger partial charge is 0.149 e. The van der Waals surface area contributed by atoms with Crippen molar-refractivity contribution in [2.75, 3.05) is 23.3 Å². The molecule has 1 heterocycles. The van der Waals surface area contributed by atoms with E-state index in [4.69, 9.17) is 4.99 Å².